The van der Waals surface area contributed by atoms with E-state index < -0.39 is 11.7 Å². The predicted molar refractivity (Wildman–Crippen MR) is 72.4 cm³/mol. The first kappa shape index (κ1) is 13.5. The molecule has 3 heteroatoms. The zero-order valence-corrected chi connectivity index (χ0v) is 11.2. The molecule has 2 rings (SSSR count). The van der Waals surface area contributed by atoms with Gasteiger partial charge >= 0.3 is 0 Å². The summed E-state index contributed by atoms with van der Waals surface area (Å²) >= 11 is 0. The summed E-state index contributed by atoms with van der Waals surface area (Å²) in [6, 6.07) is 10.4. The number of aliphatic hydroxyl groups excluding tert-OH is 1. The average molecular weight is 249 g/mol. The quantitative estimate of drug-likeness (QED) is 0.845. The van der Waals surface area contributed by atoms with E-state index in [1.54, 1.807) is 13.8 Å². The number of hydrogen-bond acceptors (Lipinski definition) is 3. The number of nitrogens with zero attached hydrogens (tertiary/aromatic N) is 1. The van der Waals surface area contributed by atoms with Gasteiger partial charge in [0.25, 0.3) is 0 Å². The van der Waals surface area contributed by atoms with Crippen molar-refractivity contribution >= 4 is 0 Å². The fourth-order valence-corrected chi connectivity index (χ4v) is 2.67. The van der Waals surface area contributed by atoms with Crippen LogP contribution >= 0.6 is 0 Å². The number of rotatable bonds is 4. The molecular weight excluding hydrogens is 226 g/mol. The largest absolute Gasteiger partial charge is 0.391 e. The molecule has 1 aromatic rings. The third kappa shape index (κ3) is 3.31. The van der Waals surface area contributed by atoms with E-state index in [-0.39, 0.29) is 5.92 Å². The molecule has 100 valence electrons. The lowest BCUT2D eigenvalue weighted by atomic mass is 9.89. The van der Waals surface area contributed by atoms with Gasteiger partial charge in [0, 0.05) is 25.6 Å². The van der Waals surface area contributed by atoms with E-state index in [0.29, 0.717) is 6.54 Å². The molecule has 0 spiro atoms. The average Bonchev–Trinajstić information content (AvgIpc) is 2.69. The summed E-state index contributed by atoms with van der Waals surface area (Å²) in [7, 11) is 0. The molecule has 18 heavy (non-hydrogen) atoms. The molecule has 0 radical (unpaired) electrons. The van der Waals surface area contributed by atoms with Crippen LogP contribution < -0.4 is 0 Å². The fourth-order valence-electron chi connectivity index (χ4n) is 2.67. The van der Waals surface area contributed by atoms with Crippen LogP contribution in [0, 0.1) is 5.92 Å². The topological polar surface area (TPSA) is 43.7 Å². The van der Waals surface area contributed by atoms with Gasteiger partial charge in [-0.25, -0.2) is 0 Å². The molecule has 1 aliphatic rings. The molecule has 0 bridgehead atoms. The van der Waals surface area contributed by atoms with Gasteiger partial charge in [-0.1, -0.05) is 30.3 Å². The SMILES string of the molecule is CC(C)(O)C1CN(CCc2ccccc2)CC1O. The second-order valence-electron chi connectivity index (χ2n) is 5.82. The van der Waals surface area contributed by atoms with Crippen molar-refractivity contribution in [3.05, 3.63) is 35.9 Å². The van der Waals surface area contributed by atoms with Crippen LogP contribution in [0.1, 0.15) is 19.4 Å². The highest BCUT2D eigenvalue weighted by molar-refractivity contribution is 5.15. The minimum absolute atomic E-state index is 0.0479. The van der Waals surface area contributed by atoms with Crippen molar-refractivity contribution in [2.45, 2.75) is 32.0 Å². The Morgan fingerprint density at radius 1 is 1.22 bits per heavy atom. The van der Waals surface area contributed by atoms with Gasteiger partial charge in [-0.05, 0) is 25.8 Å². The van der Waals surface area contributed by atoms with Crippen LogP contribution in [-0.2, 0) is 6.42 Å². The Morgan fingerprint density at radius 3 is 2.44 bits per heavy atom. The van der Waals surface area contributed by atoms with E-state index in [1.165, 1.54) is 5.56 Å². The van der Waals surface area contributed by atoms with Crippen molar-refractivity contribution in [1.82, 2.24) is 4.90 Å². The Hall–Kier alpha value is -0.900. The molecule has 0 amide bonds. The summed E-state index contributed by atoms with van der Waals surface area (Å²) in [5.41, 5.74) is 0.514. The molecule has 2 atom stereocenters. The maximum Gasteiger partial charge on any atom is 0.0734 e. The molecule has 1 saturated heterocycles. The van der Waals surface area contributed by atoms with Crippen LogP contribution in [0.2, 0.25) is 0 Å². The van der Waals surface area contributed by atoms with E-state index in [4.69, 9.17) is 0 Å². The molecule has 0 saturated carbocycles. The van der Waals surface area contributed by atoms with Gasteiger partial charge in [-0.3, -0.25) is 4.90 Å². The van der Waals surface area contributed by atoms with Crippen molar-refractivity contribution in [2.24, 2.45) is 5.92 Å². The lowest BCUT2D eigenvalue weighted by molar-refractivity contribution is -0.0235. The molecule has 0 aliphatic carbocycles. The van der Waals surface area contributed by atoms with Crippen molar-refractivity contribution < 1.29 is 10.2 Å². The lowest BCUT2D eigenvalue weighted by Crippen LogP contribution is -2.38. The minimum atomic E-state index is -0.805. The summed E-state index contributed by atoms with van der Waals surface area (Å²) in [5, 5.41) is 20.0. The summed E-state index contributed by atoms with van der Waals surface area (Å²) in [4.78, 5) is 2.24. The number of benzene rings is 1. The zero-order chi connectivity index (χ0) is 13.2. The first-order valence-electron chi connectivity index (χ1n) is 6.63. The highest BCUT2D eigenvalue weighted by Gasteiger charge is 2.40. The molecule has 2 N–H and O–H groups in total. The highest BCUT2D eigenvalue weighted by atomic mass is 16.3. The third-order valence-electron chi connectivity index (χ3n) is 3.83. The van der Waals surface area contributed by atoms with Gasteiger partial charge < -0.3 is 10.2 Å². The summed E-state index contributed by atoms with van der Waals surface area (Å²) in [6.45, 7) is 5.94. The molecule has 1 heterocycles. The molecule has 1 aromatic carbocycles. The first-order valence-corrected chi connectivity index (χ1v) is 6.63. The van der Waals surface area contributed by atoms with E-state index in [0.717, 1.165) is 19.5 Å². The minimum Gasteiger partial charge on any atom is -0.391 e. The Morgan fingerprint density at radius 2 is 1.89 bits per heavy atom. The predicted octanol–water partition coefficient (Wildman–Crippen LogP) is 1.29. The van der Waals surface area contributed by atoms with Crippen LogP contribution in [-0.4, -0.2) is 46.5 Å². The summed E-state index contributed by atoms with van der Waals surface area (Å²) in [6.07, 6.45) is 0.576. The normalized spacial score (nSPS) is 25.6. The van der Waals surface area contributed by atoms with Crippen molar-refractivity contribution in [1.29, 1.82) is 0 Å². The van der Waals surface area contributed by atoms with Crippen LogP contribution in [0.5, 0.6) is 0 Å². The van der Waals surface area contributed by atoms with Gasteiger partial charge in [0.1, 0.15) is 0 Å². The fraction of sp³-hybridized carbons (Fsp3) is 0.600. The van der Waals surface area contributed by atoms with Crippen molar-refractivity contribution in [2.75, 3.05) is 19.6 Å². The molecule has 0 aromatic heterocycles. The van der Waals surface area contributed by atoms with Crippen molar-refractivity contribution in [3.63, 3.8) is 0 Å². The van der Waals surface area contributed by atoms with E-state index in [2.05, 4.69) is 17.0 Å². The molecule has 3 nitrogen and oxygen atoms in total. The number of β-amino-alcohol motifs (C(OH)–C–C–N with tert-alkyl or cyclic N) is 1. The van der Waals surface area contributed by atoms with Crippen LogP contribution in [0.25, 0.3) is 0 Å². The smallest absolute Gasteiger partial charge is 0.0734 e. The first-order chi connectivity index (χ1) is 8.47. The lowest BCUT2D eigenvalue weighted by Gasteiger charge is -2.27. The zero-order valence-electron chi connectivity index (χ0n) is 11.2. The van der Waals surface area contributed by atoms with Gasteiger partial charge in [0.15, 0.2) is 0 Å². The highest BCUT2D eigenvalue weighted by Crippen LogP contribution is 2.27. The maximum absolute atomic E-state index is 10.0. The van der Waals surface area contributed by atoms with Crippen molar-refractivity contribution in [3.8, 4) is 0 Å². The molecule has 1 fully saturated rings. The van der Waals surface area contributed by atoms with Gasteiger partial charge in [-0.2, -0.15) is 0 Å². The monoisotopic (exact) mass is 249 g/mol. The maximum atomic E-state index is 10.0. The van der Waals surface area contributed by atoms with E-state index in [1.807, 2.05) is 18.2 Å². The Kier molecular flexibility index (Phi) is 4.05. The summed E-state index contributed by atoms with van der Waals surface area (Å²) < 4.78 is 0. The Bertz CT molecular complexity index is 372. The Labute approximate surface area is 109 Å². The number of likely N-dealkylation sites (tertiary alicyclic amines) is 1. The van der Waals surface area contributed by atoms with Crippen LogP contribution in [0.3, 0.4) is 0 Å². The van der Waals surface area contributed by atoms with Crippen LogP contribution in [0.15, 0.2) is 30.3 Å². The number of aliphatic hydroxyl groups is 2. The van der Waals surface area contributed by atoms with Gasteiger partial charge in [-0.15, -0.1) is 0 Å². The van der Waals surface area contributed by atoms with Crippen LogP contribution in [0.4, 0.5) is 0 Å². The second-order valence-corrected chi connectivity index (χ2v) is 5.82. The van der Waals surface area contributed by atoms with E-state index in [9.17, 15) is 10.2 Å². The molecular formula is C15H23NO2. The Balaban J connectivity index is 1.86. The third-order valence-corrected chi connectivity index (χ3v) is 3.83. The molecule has 1 aliphatic heterocycles. The number of hydrogen-bond donors (Lipinski definition) is 2. The second kappa shape index (κ2) is 5.39. The van der Waals surface area contributed by atoms with E-state index >= 15 is 0 Å². The van der Waals surface area contributed by atoms with Gasteiger partial charge in [0.2, 0.25) is 0 Å². The summed E-state index contributed by atoms with van der Waals surface area (Å²) in [5.74, 6) is -0.0479. The van der Waals surface area contributed by atoms with Gasteiger partial charge in [0.05, 0.1) is 11.7 Å². The standard InChI is InChI=1S/C15H23NO2/c1-15(2,18)13-10-16(11-14(13)17)9-8-12-6-4-3-5-7-12/h3-7,13-14,17-18H,8-11H2,1-2H3. The molecule has 2 unspecified atom stereocenters.